The van der Waals surface area contributed by atoms with Crippen LogP contribution >= 0.6 is 0 Å². The van der Waals surface area contributed by atoms with E-state index in [9.17, 15) is 9.90 Å². The smallest absolute Gasteiger partial charge is 0.225 e. The van der Waals surface area contributed by atoms with Crippen LogP contribution in [-0.4, -0.2) is 31.8 Å². The Morgan fingerprint density at radius 3 is 2.76 bits per heavy atom. The van der Waals surface area contributed by atoms with E-state index in [1.54, 1.807) is 26.4 Å². The molecular formula is C12H15NO4. The maximum Gasteiger partial charge on any atom is 0.225 e. The highest BCUT2D eigenvalue weighted by atomic mass is 16.5. The fourth-order valence-electron chi connectivity index (χ4n) is 2.10. The minimum absolute atomic E-state index is 0.0802. The van der Waals surface area contributed by atoms with Gasteiger partial charge in [0.25, 0.3) is 0 Å². The molecule has 0 saturated heterocycles. The number of fused-ring (bicyclic) bond motifs is 1. The largest absolute Gasteiger partial charge is 0.497 e. The van der Waals surface area contributed by atoms with Crippen LogP contribution in [0.25, 0.3) is 0 Å². The molecule has 2 N–H and O–H groups in total. The van der Waals surface area contributed by atoms with E-state index < -0.39 is 0 Å². The number of nitrogens with one attached hydrogen (secondary N) is 1. The molecule has 92 valence electrons. The van der Waals surface area contributed by atoms with Gasteiger partial charge in [0.1, 0.15) is 11.5 Å². The van der Waals surface area contributed by atoms with Crippen molar-refractivity contribution in [1.82, 2.24) is 0 Å². The molecule has 0 aromatic heterocycles. The number of aliphatic hydroxyl groups excluding tert-OH is 1. The van der Waals surface area contributed by atoms with Gasteiger partial charge in [0.15, 0.2) is 0 Å². The molecule has 1 unspecified atom stereocenters. The lowest BCUT2D eigenvalue weighted by Gasteiger charge is -2.26. The van der Waals surface area contributed by atoms with Gasteiger partial charge in [0.2, 0.25) is 5.91 Å². The van der Waals surface area contributed by atoms with Gasteiger partial charge >= 0.3 is 0 Å². The number of hydrogen-bond acceptors (Lipinski definition) is 4. The minimum atomic E-state index is -0.223. The van der Waals surface area contributed by atoms with Gasteiger partial charge in [-0.15, -0.1) is 0 Å². The van der Waals surface area contributed by atoms with Crippen LogP contribution in [0.15, 0.2) is 12.1 Å². The number of anilines is 1. The molecule has 1 aliphatic rings. The van der Waals surface area contributed by atoms with E-state index in [0.29, 0.717) is 17.2 Å². The zero-order valence-corrected chi connectivity index (χ0v) is 9.82. The second kappa shape index (κ2) is 4.63. The molecule has 1 aromatic rings. The summed E-state index contributed by atoms with van der Waals surface area (Å²) in [7, 11) is 3.11. The summed E-state index contributed by atoms with van der Waals surface area (Å²) >= 11 is 0. The molecule has 1 amide bonds. The van der Waals surface area contributed by atoms with Crippen molar-refractivity contribution in [1.29, 1.82) is 0 Å². The molecule has 0 radical (unpaired) electrons. The molecule has 1 atom stereocenters. The lowest BCUT2D eigenvalue weighted by Crippen LogP contribution is -2.25. The molecule has 0 bridgehead atoms. The fraction of sp³-hybridized carbons (Fsp3) is 0.417. The van der Waals surface area contributed by atoms with Crippen LogP contribution in [-0.2, 0) is 4.79 Å². The van der Waals surface area contributed by atoms with Gasteiger partial charge in [-0.2, -0.15) is 0 Å². The molecule has 5 heteroatoms. The van der Waals surface area contributed by atoms with E-state index in [4.69, 9.17) is 9.47 Å². The zero-order chi connectivity index (χ0) is 12.4. The molecule has 0 spiro atoms. The second-order valence-corrected chi connectivity index (χ2v) is 3.92. The molecule has 0 fully saturated rings. The summed E-state index contributed by atoms with van der Waals surface area (Å²) < 4.78 is 10.4. The van der Waals surface area contributed by atoms with Crippen molar-refractivity contribution in [2.45, 2.75) is 12.3 Å². The highest BCUT2D eigenvalue weighted by Crippen LogP contribution is 2.41. The summed E-state index contributed by atoms with van der Waals surface area (Å²) in [6, 6.07) is 3.48. The van der Waals surface area contributed by atoms with E-state index in [2.05, 4.69) is 5.32 Å². The highest BCUT2D eigenvalue weighted by molar-refractivity contribution is 5.95. The number of ether oxygens (including phenoxy) is 2. The SMILES string of the molecule is COc1cc2c(c(OC)c1)C(CO)CC(=O)N2. The molecule has 1 aromatic carbocycles. The van der Waals surface area contributed by atoms with Crippen molar-refractivity contribution in [3.63, 3.8) is 0 Å². The first kappa shape index (κ1) is 11.7. The summed E-state index contributed by atoms with van der Waals surface area (Å²) in [5.41, 5.74) is 1.48. The van der Waals surface area contributed by atoms with Gasteiger partial charge in [0, 0.05) is 30.0 Å². The van der Waals surface area contributed by atoms with Crippen molar-refractivity contribution in [3.05, 3.63) is 17.7 Å². The van der Waals surface area contributed by atoms with Gasteiger partial charge in [-0.3, -0.25) is 4.79 Å². The molecule has 1 heterocycles. The third kappa shape index (κ3) is 2.06. The second-order valence-electron chi connectivity index (χ2n) is 3.92. The monoisotopic (exact) mass is 237 g/mol. The predicted molar refractivity (Wildman–Crippen MR) is 62.6 cm³/mol. The van der Waals surface area contributed by atoms with Gasteiger partial charge in [-0.05, 0) is 0 Å². The average Bonchev–Trinajstić information content (AvgIpc) is 2.35. The average molecular weight is 237 g/mol. The van der Waals surface area contributed by atoms with Crippen LogP contribution in [0, 0.1) is 0 Å². The number of rotatable bonds is 3. The van der Waals surface area contributed by atoms with Gasteiger partial charge in [-0.25, -0.2) is 0 Å². The van der Waals surface area contributed by atoms with E-state index >= 15 is 0 Å². The summed E-state index contributed by atoms with van der Waals surface area (Å²) in [4.78, 5) is 11.5. The number of benzene rings is 1. The van der Waals surface area contributed by atoms with Crippen molar-refractivity contribution in [2.75, 3.05) is 26.1 Å². The molecule has 0 aliphatic carbocycles. The van der Waals surface area contributed by atoms with Gasteiger partial charge in [0.05, 0.1) is 26.5 Å². The minimum Gasteiger partial charge on any atom is -0.497 e. The lowest BCUT2D eigenvalue weighted by molar-refractivity contribution is -0.117. The van der Waals surface area contributed by atoms with Crippen molar-refractivity contribution >= 4 is 11.6 Å². The van der Waals surface area contributed by atoms with Gasteiger partial charge in [-0.1, -0.05) is 0 Å². The number of carbonyl (C=O) groups is 1. The Morgan fingerprint density at radius 2 is 2.18 bits per heavy atom. The lowest BCUT2D eigenvalue weighted by atomic mass is 9.90. The molecular weight excluding hydrogens is 222 g/mol. The predicted octanol–water partition coefficient (Wildman–Crippen LogP) is 1.12. The van der Waals surface area contributed by atoms with Crippen LogP contribution in [0.5, 0.6) is 11.5 Å². The normalized spacial score (nSPS) is 18.3. The van der Waals surface area contributed by atoms with E-state index in [0.717, 1.165) is 5.56 Å². The van der Waals surface area contributed by atoms with Crippen LogP contribution in [0.1, 0.15) is 17.9 Å². The summed E-state index contributed by atoms with van der Waals surface area (Å²) in [5.74, 6) is 0.907. The topological polar surface area (TPSA) is 67.8 Å². The molecule has 17 heavy (non-hydrogen) atoms. The van der Waals surface area contributed by atoms with Crippen LogP contribution in [0.3, 0.4) is 0 Å². The summed E-state index contributed by atoms with van der Waals surface area (Å²) in [6.07, 6.45) is 0.270. The standard InChI is InChI=1S/C12H15NO4/c1-16-8-4-9-12(10(5-8)17-2)7(6-14)3-11(15)13-9/h4-5,7,14H,3,6H2,1-2H3,(H,13,15). The highest BCUT2D eigenvalue weighted by Gasteiger charge is 2.28. The maximum atomic E-state index is 11.5. The van der Waals surface area contributed by atoms with E-state index in [1.165, 1.54) is 0 Å². The Bertz CT molecular complexity index is 444. The Kier molecular flexibility index (Phi) is 3.19. The Balaban J connectivity index is 2.55. The van der Waals surface area contributed by atoms with E-state index in [1.807, 2.05) is 0 Å². The van der Waals surface area contributed by atoms with Crippen molar-refractivity contribution < 1.29 is 19.4 Å². The Labute approximate surface area is 99.3 Å². The Morgan fingerprint density at radius 1 is 1.41 bits per heavy atom. The van der Waals surface area contributed by atoms with Crippen molar-refractivity contribution in [2.24, 2.45) is 0 Å². The van der Waals surface area contributed by atoms with Crippen LogP contribution in [0.4, 0.5) is 5.69 Å². The first-order chi connectivity index (χ1) is 8.19. The molecule has 2 rings (SSSR count). The third-order valence-corrected chi connectivity index (χ3v) is 2.91. The molecule has 0 saturated carbocycles. The number of methoxy groups -OCH3 is 2. The summed E-state index contributed by atoms with van der Waals surface area (Å²) in [6.45, 7) is -0.0802. The van der Waals surface area contributed by atoms with Crippen LogP contribution in [0.2, 0.25) is 0 Å². The number of amides is 1. The maximum absolute atomic E-state index is 11.5. The van der Waals surface area contributed by atoms with E-state index in [-0.39, 0.29) is 24.9 Å². The quantitative estimate of drug-likeness (QED) is 0.826. The number of carbonyl (C=O) groups excluding carboxylic acids is 1. The van der Waals surface area contributed by atoms with Gasteiger partial charge < -0.3 is 19.9 Å². The molecule has 1 aliphatic heterocycles. The fourth-order valence-corrected chi connectivity index (χ4v) is 2.10. The summed E-state index contributed by atoms with van der Waals surface area (Å²) in [5, 5.41) is 12.1. The first-order valence-electron chi connectivity index (χ1n) is 5.36. The van der Waals surface area contributed by atoms with Crippen LogP contribution < -0.4 is 14.8 Å². The molecule has 5 nitrogen and oxygen atoms in total. The number of aliphatic hydroxyl groups is 1. The Hall–Kier alpha value is -1.75. The van der Waals surface area contributed by atoms with Crippen molar-refractivity contribution in [3.8, 4) is 11.5 Å². The zero-order valence-electron chi connectivity index (χ0n) is 9.82. The first-order valence-corrected chi connectivity index (χ1v) is 5.36. The number of hydrogen-bond donors (Lipinski definition) is 2. The third-order valence-electron chi connectivity index (χ3n) is 2.91.